The lowest BCUT2D eigenvalue weighted by molar-refractivity contribution is -0.118. The number of anilines is 1. The molecule has 1 aliphatic rings. The molecule has 1 N–H and O–H groups in total. The average Bonchev–Trinajstić information content (AvgIpc) is 2.59. The molecule has 0 aliphatic carbocycles. The molecule has 1 amide bonds. The number of ether oxygens (including phenoxy) is 3. The molecule has 0 unspecified atom stereocenters. The number of carbonyl (C=O) groups is 1. The number of benzene rings is 2. The molecule has 0 spiro atoms. The summed E-state index contributed by atoms with van der Waals surface area (Å²) in [5.74, 6) is 1.48. The van der Waals surface area contributed by atoms with Crippen molar-refractivity contribution in [2.75, 3.05) is 19.0 Å². The number of amides is 1. The van der Waals surface area contributed by atoms with Gasteiger partial charge in [0.2, 0.25) is 0 Å². The van der Waals surface area contributed by atoms with Crippen molar-refractivity contribution in [3.05, 3.63) is 54.1 Å². The van der Waals surface area contributed by atoms with E-state index in [0.717, 1.165) is 11.3 Å². The van der Waals surface area contributed by atoms with Gasteiger partial charge in [0.05, 0.1) is 7.11 Å². The van der Waals surface area contributed by atoms with Crippen LogP contribution in [0, 0.1) is 0 Å². The maximum Gasteiger partial charge on any atom is 0.262 e. The monoisotopic (exact) mass is 339 g/mol. The van der Waals surface area contributed by atoms with Gasteiger partial charge in [-0.2, -0.15) is 0 Å². The number of carbonyl (C=O) groups excluding carboxylic acids is 1. The Kier molecular flexibility index (Phi) is 4.65. The molecule has 130 valence electrons. The van der Waals surface area contributed by atoms with E-state index in [0.29, 0.717) is 17.2 Å². The predicted octanol–water partition coefficient (Wildman–Crippen LogP) is 3.90. The van der Waals surface area contributed by atoms with Gasteiger partial charge in [0.25, 0.3) is 5.91 Å². The minimum Gasteiger partial charge on any atom is -0.493 e. The number of para-hydroxylation sites is 1. The molecule has 25 heavy (non-hydrogen) atoms. The lowest BCUT2D eigenvalue weighted by atomic mass is 10.0. The van der Waals surface area contributed by atoms with Crippen molar-refractivity contribution in [2.24, 2.45) is 0 Å². The van der Waals surface area contributed by atoms with E-state index in [2.05, 4.69) is 5.32 Å². The van der Waals surface area contributed by atoms with E-state index in [1.165, 1.54) is 0 Å². The molecule has 1 heterocycles. The van der Waals surface area contributed by atoms with Gasteiger partial charge in [0.1, 0.15) is 11.4 Å². The fourth-order valence-corrected chi connectivity index (χ4v) is 2.52. The van der Waals surface area contributed by atoms with Crippen LogP contribution in [0.5, 0.6) is 17.2 Å². The standard InChI is InChI=1S/C20H21NO4/c1-20(2)10-9-14-11-17(23-3)18(12-16(14)25-20)24-13-19(22)21-15-7-5-4-6-8-15/h4-12H,13H2,1-3H3,(H,21,22). The van der Waals surface area contributed by atoms with Crippen molar-refractivity contribution in [2.45, 2.75) is 19.4 Å². The Labute approximate surface area is 147 Å². The van der Waals surface area contributed by atoms with Gasteiger partial charge in [0.15, 0.2) is 18.1 Å². The zero-order chi connectivity index (χ0) is 17.9. The van der Waals surface area contributed by atoms with Gasteiger partial charge < -0.3 is 19.5 Å². The van der Waals surface area contributed by atoms with Gasteiger partial charge >= 0.3 is 0 Å². The summed E-state index contributed by atoms with van der Waals surface area (Å²) in [5, 5.41) is 2.78. The number of hydrogen-bond donors (Lipinski definition) is 1. The van der Waals surface area contributed by atoms with Crippen molar-refractivity contribution in [3.63, 3.8) is 0 Å². The molecule has 0 saturated heterocycles. The minimum absolute atomic E-state index is 0.122. The Hall–Kier alpha value is -2.95. The summed E-state index contributed by atoms with van der Waals surface area (Å²) in [6.07, 6.45) is 3.98. The molecule has 0 radical (unpaired) electrons. The quantitative estimate of drug-likeness (QED) is 0.898. The molecule has 3 rings (SSSR count). The molecule has 0 aromatic heterocycles. The molecule has 5 heteroatoms. The van der Waals surface area contributed by atoms with Crippen LogP contribution < -0.4 is 19.5 Å². The summed E-state index contributed by atoms with van der Waals surface area (Å²) in [5.41, 5.74) is 1.25. The fraction of sp³-hybridized carbons (Fsp3) is 0.250. The van der Waals surface area contributed by atoms with Crippen molar-refractivity contribution in [1.82, 2.24) is 0 Å². The molecule has 2 aromatic rings. The molecule has 5 nitrogen and oxygen atoms in total. The van der Waals surface area contributed by atoms with Crippen molar-refractivity contribution < 1.29 is 19.0 Å². The van der Waals surface area contributed by atoms with Gasteiger partial charge in [0, 0.05) is 17.3 Å². The molecular weight excluding hydrogens is 318 g/mol. The minimum atomic E-state index is -0.385. The highest BCUT2D eigenvalue weighted by Crippen LogP contribution is 2.39. The number of methoxy groups -OCH3 is 1. The lowest BCUT2D eigenvalue weighted by Gasteiger charge is -2.28. The maximum atomic E-state index is 12.1. The summed E-state index contributed by atoms with van der Waals surface area (Å²) in [6, 6.07) is 12.8. The Morgan fingerprint density at radius 2 is 1.92 bits per heavy atom. The highest BCUT2D eigenvalue weighted by Gasteiger charge is 2.23. The number of hydrogen-bond acceptors (Lipinski definition) is 4. The van der Waals surface area contributed by atoms with E-state index in [4.69, 9.17) is 14.2 Å². The average molecular weight is 339 g/mol. The summed E-state index contributed by atoms with van der Waals surface area (Å²) in [6.45, 7) is 3.83. The van der Waals surface area contributed by atoms with Crippen LogP contribution in [0.25, 0.3) is 6.08 Å². The van der Waals surface area contributed by atoms with E-state index in [1.807, 2.05) is 62.4 Å². The smallest absolute Gasteiger partial charge is 0.262 e. The second kappa shape index (κ2) is 6.89. The number of rotatable bonds is 5. The van der Waals surface area contributed by atoms with Crippen molar-refractivity contribution in [1.29, 1.82) is 0 Å². The van der Waals surface area contributed by atoms with Gasteiger partial charge in [-0.15, -0.1) is 0 Å². The topological polar surface area (TPSA) is 56.8 Å². The third-order valence-corrected chi connectivity index (χ3v) is 3.75. The number of fused-ring (bicyclic) bond motifs is 1. The molecule has 2 aromatic carbocycles. The summed E-state index contributed by atoms with van der Waals surface area (Å²) in [7, 11) is 1.57. The van der Waals surface area contributed by atoms with Gasteiger partial charge in [-0.3, -0.25) is 4.79 Å². The van der Waals surface area contributed by atoms with Crippen LogP contribution in [0.2, 0.25) is 0 Å². The molecule has 0 saturated carbocycles. The van der Waals surface area contributed by atoms with Crippen LogP contribution in [0.3, 0.4) is 0 Å². The van der Waals surface area contributed by atoms with Gasteiger partial charge in [-0.05, 0) is 38.1 Å². The fourth-order valence-electron chi connectivity index (χ4n) is 2.52. The lowest BCUT2D eigenvalue weighted by Crippen LogP contribution is -2.27. The second-order valence-corrected chi connectivity index (χ2v) is 6.28. The zero-order valence-electron chi connectivity index (χ0n) is 14.5. The molecule has 1 aliphatic heterocycles. The van der Waals surface area contributed by atoms with Crippen molar-refractivity contribution >= 4 is 17.7 Å². The highest BCUT2D eigenvalue weighted by molar-refractivity contribution is 5.91. The van der Waals surface area contributed by atoms with Crippen LogP contribution >= 0.6 is 0 Å². The molecular formula is C20H21NO4. The summed E-state index contributed by atoms with van der Waals surface area (Å²) >= 11 is 0. The van der Waals surface area contributed by atoms with Crippen LogP contribution in [0.4, 0.5) is 5.69 Å². The van der Waals surface area contributed by atoms with Gasteiger partial charge in [-0.1, -0.05) is 24.3 Å². The van der Waals surface area contributed by atoms with E-state index >= 15 is 0 Å². The van der Waals surface area contributed by atoms with Crippen LogP contribution in [0.1, 0.15) is 19.4 Å². The zero-order valence-corrected chi connectivity index (χ0v) is 14.5. The highest BCUT2D eigenvalue weighted by atomic mass is 16.5. The number of nitrogens with one attached hydrogen (secondary N) is 1. The first-order valence-electron chi connectivity index (χ1n) is 8.05. The Balaban J connectivity index is 1.72. The molecule has 0 atom stereocenters. The molecule has 0 bridgehead atoms. The van der Waals surface area contributed by atoms with Crippen molar-refractivity contribution in [3.8, 4) is 17.2 Å². The maximum absolute atomic E-state index is 12.1. The summed E-state index contributed by atoms with van der Waals surface area (Å²) in [4.78, 5) is 12.1. The van der Waals surface area contributed by atoms with E-state index in [-0.39, 0.29) is 18.1 Å². The SMILES string of the molecule is COc1cc2c(cc1OCC(=O)Nc1ccccc1)OC(C)(C)C=C2. The van der Waals surface area contributed by atoms with Crippen LogP contribution in [0.15, 0.2) is 48.5 Å². The Morgan fingerprint density at radius 1 is 1.16 bits per heavy atom. The van der Waals surface area contributed by atoms with E-state index in [1.54, 1.807) is 13.2 Å². The second-order valence-electron chi connectivity index (χ2n) is 6.28. The van der Waals surface area contributed by atoms with Crippen LogP contribution in [-0.4, -0.2) is 25.2 Å². The Bertz CT molecular complexity index is 797. The molecule has 0 fully saturated rings. The predicted molar refractivity (Wildman–Crippen MR) is 97.3 cm³/mol. The van der Waals surface area contributed by atoms with Gasteiger partial charge in [-0.25, -0.2) is 0 Å². The third-order valence-electron chi connectivity index (χ3n) is 3.75. The first-order valence-corrected chi connectivity index (χ1v) is 8.05. The largest absolute Gasteiger partial charge is 0.493 e. The first-order chi connectivity index (χ1) is 12.0. The van der Waals surface area contributed by atoms with Crippen LogP contribution in [-0.2, 0) is 4.79 Å². The normalized spacial score (nSPS) is 14.2. The third kappa shape index (κ3) is 4.12. The van der Waals surface area contributed by atoms with E-state index < -0.39 is 0 Å². The Morgan fingerprint density at radius 3 is 2.64 bits per heavy atom. The summed E-state index contributed by atoms with van der Waals surface area (Å²) < 4.78 is 17.0. The first kappa shape index (κ1) is 16.9. The van der Waals surface area contributed by atoms with E-state index in [9.17, 15) is 4.79 Å².